The number of aliphatic hydroxyl groups excluding tert-OH is 1. The number of nitrogens with zero attached hydrogens (tertiary/aromatic N) is 5. The lowest BCUT2D eigenvalue weighted by Crippen LogP contribution is -2.62. The minimum atomic E-state index is -1.32. The molecule has 4 rings (SSSR count). The topological polar surface area (TPSA) is 147 Å². The van der Waals surface area contributed by atoms with Gasteiger partial charge in [0.15, 0.2) is 17.7 Å². The first kappa shape index (κ1) is 26.3. The van der Waals surface area contributed by atoms with E-state index in [0.717, 1.165) is 5.56 Å². The largest absolute Gasteiger partial charge is 0.479 e. The van der Waals surface area contributed by atoms with Gasteiger partial charge in [-0.25, -0.2) is 4.79 Å². The summed E-state index contributed by atoms with van der Waals surface area (Å²) in [6.07, 6.45) is -2.10. The minimum absolute atomic E-state index is 0.149. The highest BCUT2D eigenvalue weighted by molar-refractivity contribution is 5.91. The summed E-state index contributed by atoms with van der Waals surface area (Å²) in [5.74, 6) is 0.427. The fraction of sp³-hybridized carbons (Fsp3) is 0.440. The zero-order valence-corrected chi connectivity index (χ0v) is 21.7. The standard InChI is InChI=1S/C25H32N6O6/c1-14-7-8-15(23(33)34-4)11-18(14)31(13-20-27-29-30(3)28-20)21-17-12-16(26)9-10-19(17)37-25(2,22(21)32)24(35-5)36-6/h7-12,21-22,24,32H,13,26H2,1-6H3/t21-,22+,25-/m0/s1. The van der Waals surface area contributed by atoms with Crippen LogP contribution in [0.25, 0.3) is 0 Å². The number of carbonyl (C=O) groups excluding carboxylic acids is 1. The molecule has 3 atom stereocenters. The lowest BCUT2D eigenvalue weighted by atomic mass is 9.83. The summed E-state index contributed by atoms with van der Waals surface area (Å²) in [6.45, 7) is 3.78. The predicted molar refractivity (Wildman–Crippen MR) is 134 cm³/mol. The Labute approximate surface area is 214 Å². The minimum Gasteiger partial charge on any atom is -0.479 e. The van der Waals surface area contributed by atoms with Crippen LogP contribution in [0.4, 0.5) is 11.4 Å². The Morgan fingerprint density at radius 2 is 1.97 bits per heavy atom. The van der Waals surface area contributed by atoms with Crippen LogP contribution in [0, 0.1) is 6.92 Å². The lowest BCUT2D eigenvalue weighted by molar-refractivity contribution is -0.237. The number of hydrogen-bond donors (Lipinski definition) is 2. The van der Waals surface area contributed by atoms with Crippen LogP contribution in [0.2, 0.25) is 0 Å². The zero-order chi connectivity index (χ0) is 26.9. The number of fused-ring (bicyclic) bond motifs is 1. The fourth-order valence-corrected chi connectivity index (χ4v) is 4.80. The molecule has 0 radical (unpaired) electrons. The number of carbonyl (C=O) groups is 1. The third-order valence-electron chi connectivity index (χ3n) is 6.60. The van der Waals surface area contributed by atoms with Gasteiger partial charge in [-0.2, -0.15) is 4.80 Å². The highest BCUT2D eigenvalue weighted by atomic mass is 16.7. The number of ether oxygens (including phenoxy) is 4. The number of esters is 1. The van der Waals surface area contributed by atoms with E-state index in [2.05, 4.69) is 15.4 Å². The van der Waals surface area contributed by atoms with Crippen molar-refractivity contribution in [2.24, 2.45) is 7.05 Å². The summed E-state index contributed by atoms with van der Waals surface area (Å²) >= 11 is 0. The van der Waals surface area contributed by atoms with E-state index in [1.807, 2.05) is 17.9 Å². The van der Waals surface area contributed by atoms with Crippen LogP contribution in [0.1, 0.15) is 40.3 Å². The summed E-state index contributed by atoms with van der Waals surface area (Å²) in [5, 5.41) is 24.4. The van der Waals surface area contributed by atoms with E-state index in [4.69, 9.17) is 24.7 Å². The quantitative estimate of drug-likeness (QED) is 0.258. The smallest absolute Gasteiger partial charge is 0.337 e. The SMILES string of the molecule is COC(=O)c1ccc(C)c(N(Cc2nnn(C)n2)[C@H]2c3cc(N)ccc3O[C@](C)(C(OC)OC)[C@@H]2O)c1. The molecule has 1 aliphatic rings. The van der Waals surface area contributed by atoms with Gasteiger partial charge in [-0.3, -0.25) is 0 Å². The molecule has 2 heterocycles. The Kier molecular flexibility index (Phi) is 7.35. The van der Waals surface area contributed by atoms with Crippen LogP contribution in [-0.2, 0) is 27.8 Å². The van der Waals surface area contributed by atoms with Gasteiger partial charge < -0.3 is 34.7 Å². The van der Waals surface area contributed by atoms with Gasteiger partial charge in [-0.05, 0) is 55.0 Å². The second kappa shape index (κ2) is 10.3. The second-order valence-corrected chi connectivity index (χ2v) is 9.09. The zero-order valence-electron chi connectivity index (χ0n) is 21.7. The van der Waals surface area contributed by atoms with Gasteiger partial charge in [0.25, 0.3) is 0 Å². The molecular weight excluding hydrogens is 480 g/mol. The Morgan fingerprint density at radius 1 is 1.24 bits per heavy atom. The first-order chi connectivity index (χ1) is 17.6. The molecule has 2 aromatic carbocycles. The predicted octanol–water partition coefficient (Wildman–Crippen LogP) is 1.77. The van der Waals surface area contributed by atoms with Gasteiger partial charge in [0.05, 0.1) is 32.3 Å². The Hall–Kier alpha value is -3.74. The summed E-state index contributed by atoms with van der Waals surface area (Å²) < 4.78 is 22.3. The molecule has 1 aliphatic heterocycles. The number of anilines is 2. The van der Waals surface area contributed by atoms with Crippen molar-refractivity contribution in [3.63, 3.8) is 0 Å². The maximum absolute atomic E-state index is 12.4. The van der Waals surface area contributed by atoms with Gasteiger partial charge in [0.1, 0.15) is 11.9 Å². The van der Waals surface area contributed by atoms with E-state index in [-0.39, 0.29) is 6.54 Å². The summed E-state index contributed by atoms with van der Waals surface area (Å²) in [5.41, 5.74) is 7.84. The highest BCUT2D eigenvalue weighted by Crippen LogP contribution is 2.47. The van der Waals surface area contributed by atoms with Gasteiger partial charge in [-0.1, -0.05) is 6.07 Å². The first-order valence-corrected chi connectivity index (χ1v) is 11.6. The average Bonchev–Trinajstić information content (AvgIpc) is 3.29. The molecule has 12 heteroatoms. The van der Waals surface area contributed by atoms with Crippen LogP contribution in [0.5, 0.6) is 5.75 Å². The van der Waals surface area contributed by atoms with Gasteiger partial charge in [0, 0.05) is 31.2 Å². The number of nitrogens with two attached hydrogens (primary N) is 1. The summed E-state index contributed by atoms with van der Waals surface area (Å²) in [7, 11) is 5.95. The molecule has 0 amide bonds. The van der Waals surface area contributed by atoms with Crippen molar-refractivity contribution < 1.29 is 28.8 Å². The number of benzene rings is 2. The summed E-state index contributed by atoms with van der Waals surface area (Å²) in [6, 6.07) is 9.71. The van der Waals surface area contributed by atoms with Gasteiger partial charge in [-0.15, -0.1) is 10.2 Å². The van der Waals surface area contributed by atoms with Crippen LogP contribution in [0.3, 0.4) is 0 Å². The number of aliphatic hydroxyl groups is 1. The molecular formula is C25H32N6O6. The van der Waals surface area contributed by atoms with Crippen molar-refractivity contribution >= 4 is 17.3 Å². The summed E-state index contributed by atoms with van der Waals surface area (Å²) in [4.78, 5) is 15.7. The molecule has 0 spiro atoms. The number of aryl methyl sites for hydroxylation is 2. The van der Waals surface area contributed by atoms with Crippen molar-refractivity contribution in [2.75, 3.05) is 32.0 Å². The van der Waals surface area contributed by atoms with E-state index in [9.17, 15) is 9.90 Å². The Morgan fingerprint density at radius 3 is 2.59 bits per heavy atom. The third-order valence-corrected chi connectivity index (χ3v) is 6.60. The number of hydrogen-bond acceptors (Lipinski definition) is 11. The van der Waals surface area contributed by atoms with Crippen LogP contribution < -0.4 is 15.4 Å². The molecule has 1 aromatic heterocycles. The average molecular weight is 513 g/mol. The number of nitrogen functional groups attached to an aromatic ring is 1. The van der Waals surface area contributed by atoms with Gasteiger partial charge >= 0.3 is 5.97 Å². The number of tetrazole rings is 1. The Bertz CT molecular complexity index is 1280. The van der Waals surface area contributed by atoms with Crippen molar-refractivity contribution in [3.8, 4) is 5.75 Å². The number of methoxy groups -OCH3 is 3. The van der Waals surface area contributed by atoms with E-state index >= 15 is 0 Å². The van der Waals surface area contributed by atoms with Crippen LogP contribution >= 0.6 is 0 Å². The van der Waals surface area contributed by atoms with Crippen LogP contribution in [-0.4, -0.2) is 70.6 Å². The van der Waals surface area contributed by atoms with Gasteiger partial charge in [0.2, 0.25) is 0 Å². The third kappa shape index (κ3) is 4.82. The molecule has 198 valence electrons. The van der Waals surface area contributed by atoms with Crippen molar-refractivity contribution in [3.05, 3.63) is 58.9 Å². The molecule has 0 saturated carbocycles. The van der Waals surface area contributed by atoms with Crippen molar-refractivity contribution in [2.45, 2.75) is 44.4 Å². The molecule has 3 aromatic rings. The number of rotatable bonds is 8. The van der Waals surface area contributed by atoms with Crippen molar-refractivity contribution in [1.82, 2.24) is 20.2 Å². The molecule has 0 unspecified atom stereocenters. The molecule has 0 bridgehead atoms. The van der Waals surface area contributed by atoms with E-state index in [1.54, 1.807) is 44.3 Å². The highest BCUT2D eigenvalue weighted by Gasteiger charge is 2.54. The Balaban J connectivity index is 1.95. The molecule has 0 aliphatic carbocycles. The monoisotopic (exact) mass is 512 g/mol. The van der Waals surface area contributed by atoms with Crippen LogP contribution in [0.15, 0.2) is 36.4 Å². The fourth-order valence-electron chi connectivity index (χ4n) is 4.80. The molecule has 0 fully saturated rings. The normalized spacial score (nSPS) is 20.9. The lowest BCUT2D eigenvalue weighted by Gasteiger charge is -2.50. The van der Waals surface area contributed by atoms with E-state index < -0.39 is 30.0 Å². The van der Waals surface area contributed by atoms with E-state index in [1.165, 1.54) is 26.1 Å². The van der Waals surface area contributed by atoms with E-state index in [0.29, 0.717) is 34.1 Å². The molecule has 3 N–H and O–H groups in total. The number of aromatic nitrogens is 4. The van der Waals surface area contributed by atoms with Crippen molar-refractivity contribution in [1.29, 1.82) is 0 Å². The maximum atomic E-state index is 12.4. The molecule has 0 saturated heterocycles. The first-order valence-electron chi connectivity index (χ1n) is 11.6. The molecule has 12 nitrogen and oxygen atoms in total. The maximum Gasteiger partial charge on any atom is 0.337 e. The molecule has 37 heavy (non-hydrogen) atoms. The second-order valence-electron chi connectivity index (χ2n) is 9.09.